The number of hydrogen-bond donors (Lipinski definition) is 2. The van der Waals surface area contributed by atoms with Crippen molar-refractivity contribution >= 4 is 17.7 Å². The van der Waals surface area contributed by atoms with Gasteiger partial charge >= 0.3 is 11.9 Å². The number of rotatable bonds is 6. The van der Waals surface area contributed by atoms with Crippen molar-refractivity contribution in [2.75, 3.05) is 0 Å². The van der Waals surface area contributed by atoms with Crippen LogP contribution in [0.25, 0.3) is 11.3 Å². The molecule has 0 spiro atoms. The number of aliphatic carboxylic acids is 1. The second-order valence-corrected chi connectivity index (χ2v) is 20.6. The summed E-state index contributed by atoms with van der Waals surface area (Å²) in [7, 11) is 0. The van der Waals surface area contributed by atoms with Crippen LogP contribution >= 0.6 is 0 Å². The Morgan fingerprint density at radius 3 is 2.23 bits per heavy atom. The number of fused-ring (bicyclic) bond motifs is 7. The van der Waals surface area contributed by atoms with Gasteiger partial charge in [0.1, 0.15) is 11.9 Å². The molecule has 1 aromatic heterocycles. The molecule has 6 aliphatic carbocycles. The fourth-order valence-electron chi connectivity index (χ4n) is 14.4. The molecule has 1 heterocycles. The van der Waals surface area contributed by atoms with E-state index in [-0.39, 0.29) is 51.0 Å². The van der Waals surface area contributed by atoms with E-state index in [4.69, 9.17) is 9.72 Å². The number of H-pyrrole nitrogens is 1. The van der Waals surface area contributed by atoms with Crippen molar-refractivity contribution in [1.29, 1.82) is 0 Å². The summed E-state index contributed by atoms with van der Waals surface area (Å²) in [5.41, 5.74) is 3.72. The van der Waals surface area contributed by atoms with E-state index in [2.05, 4.69) is 77.7 Å². The zero-order valence-corrected chi connectivity index (χ0v) is 33.6. The van der Waals surface area contributed by atoms with Crippen molar-refractivity contribution in [2.45, 2.75) is 138 Å². The first-order valence-corrected chi connectivity index (χ1v) is 20.6. The predicted octanol–water partition coefficient (Wildman–Crippen LogP) is 9.97. The largest absolute Gasteiger partial charge is 0.481 e. The standard InChI is InChI=1S/C46H62N2O5/c1-26(2)36-32(49)24-46(40-47-25-31(48-40)27-13-11-10-12-14-27)22-21-44(8)28(37(36)46)15-16-34-43(7)19-18-35(42(5,6)33(43)17-20-45(34,44)9)53-39(52)30-23-29(38(50)51)41(30,3)4/h10-14,25-26,28-30,33-35H,15-24H2,1-9H3,(H,47,48)(H,50,51)/t28-,29+,30-,33+,34-,35+,43+,44-,45-,46-/m1/s1. The number of carbonyl (C=O) groups is 3. The Morgan fingerprint density at radius 2 is 1.57 bits per heavy atom. The second-order valence-electron chi connectivity index (χ2n) is 20.6. The van der Waals surface area contributed by atoms with E-state index in [0.717, 1.165) is 74.0 Å². The van der Waals surface area contributed by atoms with Gasteiger partial charge in [0.15, 0.2) is 5.78 Å². The number of carbonyl (C=O) groups excluding carboxylic acids is 2. The number of nitrogens with one attached hydrogen (secondary N) is 1. The number of esters is 1. The Labute approximate surface area is 316 Å². The molecule has 0 aliphatic heterocycles. The van der Waals surface area contributed by atoms with Crippen molar-refractivity contribution in [1.82, 2.24) is 9.97 Å². The van der Waals surface area contributed by atoms with Crippen LogP contribution in [0.1, 0.15) is 132 Å². The normalized spacial score (nSPS) is 41.1. The van der Waals surface area contributed by atoms with Crippen molar-refractivity contribution < 1.29 is 24.2 Å². The van der Waals surface area contributed by atoms with Crippen molar-refractivity contribution in [3.63, 3.8) is 0 Å². The fourth-order valence-corrected chi connectivity index (χ4v) is 14.4. The summed E-state index contributed by atoms with van der Waals surface area (Å²) in [6.07, 6.45) is 11.0. The quantitative estimate of drug-likeness (QED) is 0.287. The topological polar surface area (TPSA) is 109 Å². The average molecular weight is 723 g/mol. The third kappa shape index (κ3) is 4.89. The summed E-state index contributed by atoms with van der Waals surface area (Å²) in [5, 5.41) is 9.66. The van der Waals surface area contributed by atoms with E-state index in [1.54, 1.807) is 0 Å². The lowest BCUT2D eigenvalue weighted by Crippen LogP contribution is -2.66. The molecule has 0 radical (unpaired) electrons. The SMILES string of the molecule is CC(C)C1=C2[C@H]3CC[C@@H]4[C@@]5(C)CC[C@H](OC(=O)[C@H]6C[C@@H](C(=O)O)C6(C)C)C(C)(C)[C@@H]5CC[C@@]4(C)[C@]3(C)CC[C@@]2(c2ncc(-c3ccccc3)[nH]2)CC1=O. The van der Waals surface area contributed by atoms with E-state index >= 15 is 0 Å². The van der Waals surface area contributed by atoms with Crippen LogP contribution in [0.15, 0.2) is 47.7 Å². The van der Waals surface area contributed by atoms with Gasteiger partial charge in [-0.3, -0.25) is 14.4 Å². The van der Waals surface area contributed by atoms with Crippen LogP contribution in [0, 0.1) is 62.6 Å². The highest BCUT2D eigenvalue weighted by molar-refractivity contribution is 6.01. The number of carboxylic acid groups (broad SMARTS) is 1. The molecule has 0 unspecified atom stereocenters. The van der Waals surface area contributed by atoms with Crippen LogP contribution in [0.2, 0.25) is 0 Å². The number of aromatic nitrogens is 2. The minimum Gasteiger partial charge on any atom is -0.481 e. The van der Waals surface area contributed by atoms with E-state index in [9.17, 15) is 19.5 Å². The number of carboxylic acids is 1. The van der Waals surface area contributed by atoms with Gasteiger partial charge in [0.05, 0.1) is 29.1 Å². The van der Waals surface area contributed by atoms with Gasteiger partial charge in [0.2, 0.25) is 0 Å². The van der Waals surface area contributed by atoms with Gasteiger partial charge in [0.25, 0.3) is 0 Å². The number of imidazole rings is 1. The average Bonchev–Trinajstić information content (AvgIpc) is 3.70. The molecule has 0 amide bonds. The van der Waals surface area contributed by atoms with Gasteiger partial charge in [-0.15, -0.1) is 0 Å². The highest BCUT2D eigenvalue weighted by Crippen LogP contribution is 2.77. The number of ketones is 1. The van der Waals surface area contributed by atoms with Crippen LogP contribution in [0.4, 0.5) is 0 Å². The molecule has 53 heavy (non-hydrogen) atoms. The minimum atomic E-state index is -0.820. The molecule has 1 aromatic carbocycles. The molecule has 2 N–H and O–H groups in total. The zero-order chi connectivity index (χ0) is 38.1. The lowest BCUT2D eigenvalue weighted by atomic mass is 9.33. The lowest BCUT2D eigenvalue weighted by molar-refractivity contribution is -0.235. The van der Waals surface area contributed by atoms with E-state index in [1.165, 1.54) is 5.57 Å². The Morgan fingerprint density at radius 1 is 0.849 bits per heavy atom. The molecule has 2 aromatic rings. The second kappa shape index (κ2) is 11.9. The van der Waals surface area contributed by atoms with Gasteiger partial charge in [0, 0.05) is 11.8 Å². The molecule has 5 saturated carbocycles. The molecule has 0 saturated heterocycles. The third-order valence-corrected chi connectivity index (χ3v) is 17.6. The van der Waals surface area contributed by atoms with Crippen LogP contribution < -0.4 is 0 Å². The summed E-state index contributed by atoms with van der Waals surface area (Å²) < 4.78 is 6.43. The number of benzene rings is 1. The van der Waals surface area contributed by atoms with Gasteiger partial charge in [-0.1, -0.05) is 92.6 Å². The molecule has 7 nitrogen and oxygen atoms in total. The molecule has 6 aliphatic rings. The van der Waals surface area contributed by atoms with Gasteiger partial charge in [-0.25, -0.2) is 4.98 Å². The fraction of sp³-hybridized carbons (Fsp3) is 0.696. The monoisotopic (exact) mass is 722 g/mol. The van der Waals surface area contributed by atoms with E-state index < -0.39 is 17.3 Å². The van der Waals surface area contributed by atoms with Crippen LogP contribution in [-0.4, -0.2) is 38.9 Å². The van der Waals surface area contributed by atoms with Crippen LogP contribution in [0.3, 0.4) is 0 Å². The summed E-state index contributed by atoms with van der Waals surface area (Å²) in [6.45, 7) is 20.7. The van der Waals surface area contributed by atoms with Crippen molar-refractivity contribution in [3.05, 3.63) is 53.5 Å². The maximum absolute atomic E-state index is 14.2. The first-order chi connectivity index (χ1) is 24.8. The first kappa shape index (κ1) is 36.7. The Kier molecular flexibility index (Phi) is 8.24. The minimum absolute atomic E-state index is 0.0479. The smallest absolute Gasteiger partial charge is 0.309 e. The number of allylic oxidation sites excluding steroid dienone is 2. The molecule has 0 bridgehead atoms. The molecular formula is C46H62N2O5. The molecule has 10 atom stereocenters. The van der Waals surface area contributed by atoms with E-state index in [0.29, 0.717) is 36.4 Å². The van der Waals surface area contributed by atoms with Gasteiger partial charge in [-0.05, 0) is 120 Å². The van der Waals surface area contributed by atoms with Gasteiger partial charge in [-0.2, -0.15) is 0 Å². The molecular weight excluding hydrogens is 661 g/mol. The number of Topliss-reactive ketones (excluding diaryl/α,β-unsaturated/α-hetero) is 1. The third-order valence-electron chi connectivity index (χ3n) is 17.6. The lowest BCUT2D eigenvalue weighted by Gasteiger charge is -2.72. The maximum Gasteiger partial charge on any atom is 0.309 e. The predicted molar refractivity (Wildman–Crippen MR) is 206 cm³/mol. The van der Waals surface area contributed by atoms with Crippen molar-refractivity contribution in [3.8, 4) is 11.3 Å². The number of nitrogens with zero attached hydrogens (tertiary/aromatic N) is 1. The summed E-state index contributed by atoms with van der Waals surface area (Å²) >= 11 is 0. The summed E-state index contributed by atoms with van der Waals surface area (Å²) in [5.74, 6) is 0.851. The Balaban J connectivity index is 1.09. The molecule has 286 valence electrons. The van der Waals surface area contributed by atoms with Crippen LogP contribution in [0.5, 0.6) is 0 Å². The molecule has 8 rings (SSSR count). The van der Waals surface area contributed by atoms with Crippen LogP contribution in [-0.2, 0) is 24.5 Å². The van der Waals surface area contributed by atoms with Crippen molar-refractivity contribution in [2.24, 2.45) is 62.6 Å². The summed E-state index contributed by atoms with van der Waals surface area (Å²) in [4.78, 5) is 48.4. The van der Waals surface area contributed by atoms with E-state index in [1.807, 2.05) is 26.1 Å². The highest BCUT2D eigenvalue weighted by Gasteiger charge is 2.71. The molecule has 5 fully saturated rings. The Bertz CT molecular complexity index is 1870. The number of aromatic amines is 1. The van der Waals surface area contributed by atoms with Gasteiger partial charge < -0.3 is 14.8 Å². The zero-order valence-electron chi connectivity index (χ0n) is 33.6. The Hall–Kier alpha value is -3.22. The maximum atomic E-state index is 14.2. The highest BCUT2D eigenvalue weighted by atomic mass is 16.5. The number of hydrogen-bond acceptors (Lipinski definition) is 5. The summed E-state index contributed by atoms with van der Waals surface area (Å²) in [6, 6.07) is 10.4. The molecule has 7 heteroatoms. The number of ether oxygens (including phenoxy) is 1. The first-order valence-electron chi connectivity index (χ1n) is 20.6.